The number of carbonyl (C=O) groups excluding carboxylic acids is 2. The van der Waals surface area contributed by atoms with Gasteiger partial charge in [-0.25, -0.2) is 4.79 Å². The quantitative estimate of drug-likeness (QED) is 0.169. The predicted octanol–water partition coefficient (Wildman–Crippen LogP) is 3.38. The number of rotatable bonds is 10. The van der Waals surface area contributed by atoms with E-state index >= 15 is 0 Å². The number of carboxylic acid groups (broad SMARTS) is 1. The molecule has 1 rings (SSSR count). The summed E-state index contributed by atoms with van der Waals surface area (Å²) in [6.45, 7) is -1.31. The van der Waals surface area contributed by atoms with E-state index in [0.29, 0.717) is 5.75 Å². The fraction of sp³-hybridized carbons (Fsp3) is 0.357. The van der Waals surface area contributed by atoms with E-state index < -0.39 is 37.2 Å². The monoisotopic (exact) mass is 742 g/mol. The molecule has 0 unspecified atom stereocenters. The van der Waals surface area contributed by atoms with Gasteiger partial charge in [-0.3, -0.25) is 9.59 Å². The van der Waals surface area contributed by atoms with Crippen LogP contribution >= 0.6 is 79.5 Å². The molecule has 0 saturated carbocycles. The van der Waals surface area contributed by atoms with Gasteiger partial charge in [0.15, 0.2) is 5.75 Å². The highest BCUT2D eigenvalue weighted by molar-refractivity contribution is 14.1. The number of carbonyl (C=O) groups is 3. The first-order valence-electron chi connectivity index (χ1n) is 6.86. The zero-order chi connectivity index (χ0) is 20.6. The molecule has 0 aromatic heterocycles. The van der Waals surface area contributed by atoms with E-state index in [1.54, 1.807) is 0 Å². The molecule has 13 heteroatoms. The second kappa shape index (κ2) is 11.9. The van der Waals surface area contributed by atoms with Gasteiger partial charge in [0.1, 0.15) is 6.61 Å². The lowest BCUT2D eigenvalue weighted by Gasteiger charge is -2.11. The van der Waals surface area contributed by atoms with Gasteiger partial charge in [-0.05, 0) is 79.9 Å². The zero-order valence-corrected chi connectivity index (χ0v) is 20.5. The van der Waals surface area contributed by atoms with Crippen LogP contribution < -0.4 is 4.74 Å². The smallest absolute Gasteiger partial charge is 0.456 e. The van der Waals surface area contributed by atoms with Crippen LogP contribution in [0.3, 0.4) is 0 Å². The van der Waals surface area contributed by atoms with Crippen LogP contribution in [0.1, 0.15) is 0 Å². The molecule has 150 valence electrons. The van der Waals surface area contributed by atoms with E-state index in [2.05, 4.69) is 77.2 Å². The molecule has 0 aliphatic rings. The molecular weight excluding hydrogens is 731 g/mol. The minimum atomic E-state index is -4.34. The van der Waals surface area contributed by atoms with Crippen LogP contribution in [0.25, 0.3) is 0 Å². The van der Waals surface area contributed by atoms with Gasteiger partial charge in [0, 0.05) is 3.57 Å². The van der Waals surface area contributed by atoms with Crippen LogP contribution in [0, 0.1) is 10.7 Å². The molecule has 1 N–H and O–H groups in total. The van der Waals surface area contributed by atoms with Crippen molar-refractivity contribution in [3.05, 3.63) is 22.8 Å². The molecule has 27 heavy (non-hydrogen) atoms. The molecule has 0 atom stereocenters. The SMILES string of the molecule is O=C(CSCC(=O)Oc1c(I)cc(I)cc1I)OCCOC(F)(F)C(=O)O. The third-order valence-electron chi connectivity index (χ3n) is 2.50. The van der Waals surface area contributed by atoms with E-state index in [1.165, 1.54) is 0 Å². The average molecular weight is 742 g/mol. The largest absolute Gasteiger partial charge is 0.475 e. The van der Waals surface area contributed by atoms with Crippen molar-refractivity contribution < 1.29 is 42.5 Å². The van der Waals surface area contributed by atoms with Crippen molar-refractivity contribution in [1.82, 2.24) is 0 Å². The molecule has 0 bridgehead atoms. The number of carboxylic acids is 1. The Morgan fingerprint density at radius 3 is 2.15 bits per heavy atom. The van der Waals surface area contributed by atoms with E-state index in [1.807, 2.05) is 12.1 Å². The summed E-state index contributed by atoms with van der Waals surface area (Å²) in [6.07, 6.45) is -4.34. The number of benzene rings is 1. The summed E-state index contributed by atoms with van der Waals surface area (Å²) in [4.78, 5) is 33.4. The molecule has 7 nitrogen and oxygen atoms in total. The van der Waals surface area contributed by atoms with Gasteiger partial charge in [0.25, 0.3) is 0 Å². The van der Waals surface area contributed by atoms with Crippen LogP contribution in [0.4, 0.5) is 8.78 Å². The van der Waals surface area contributed by atoms with Gasteiger partial charge in [-0.2, -0.15) is 8.78 Å². The van der Waals surface area contributed by atoms with Crippen LogP contribution in [0.5, 0.6) is 5.75 Å². The Hall–Kier alpha value is -0.0100. The highest BCUT2D eigenvalue weighted by atomic mass is 127. The summed E-state index contributed by atoms with van der Waals surface area (Å²) >= 11 is 7.18. The zero-order valence-electron chi connectivity index (χ0n) is 13.2. The third-order valence-corrected chi connectivity index (χ3v) is 5.60. The molecule has 0 aliphatic carbocycles. The number of hydrogen-bond donors (Lipinski definition) is 1. The number of ether oxygens (including phenoxy) is 3. The summed E-state index contributed by atoms with van der Waals surface area (Å²) in [5.41, 5.74) is 0. The first kappa shape index (κ1) is 25.0. The van der Waals surface area contributed by atoms with Crippen molar-refractivity contribution in [2.24, 2.45) is 0 Å². The van der Waals surface area contributed by atoms with Crippen LogP contribution in [0.15, 0.2) is 12.1 Å². The predicted molar refractivity (Wildman–Crippen MR) is 117 cm³/mol. The maximum absolute atomic E-state index is 12.6. The molecular formula is C14H11F2I3O7S. The Balaban J connectivity index is 2.28. The maximum Gasteiger partial charge on any atom is 0.456 e. The first-order chi connectivity index (χ1) is 12.5. The molecule has 0 amide bonds. The van der Waals surface area contributed by atoms with Crippen LogP contribution in [0.2, 0.25) is 0 Å². The molecule has 0 heterocycles. The van der Waals surface area contributed by atoms with E-state index in [-0.39, 0.29) is 11.5 Å². The Kier molecular flexibility index (Phi) is 11.0. The van der Waals surface area contributed by atoms with Crippen molar-refractivity contribution in [3.63, 3.8) is 0 Å². The van der Waals surface area contributed by atoms with Crippen molar-refractivity contribution in [3.8, 4) is 5.75 Å². The van der Waals surface area contributed by atoms with E-state index in [4.69, 9.17) is 9.84 Å². The Morgan fingerprint density at radius 1 is 1.04 bits per heavy atom. The second-order valence-corrected chi connectivity index (χ2v) is 9.11. The van der Waals surface area contributed by atoms with Gasteiger partial charge < -0.3 is 19.3 Å². The number of esters is 2. The summed E-state index contributed by atoms with van der Waals surface area (Å²) in [7, 11) is 0. The fourth-order valence-electron chi connectivity index (χ4n) is 1.42. The normalized spacial score (nSPS) is 11.1. The summed E-state index contributed by atoms with van der Waals surface area (Å²) < 4.78 is 41.4. The van der Waals surface area contributed by atoms with E-state index in [9.17, 15) is 23.2 Å². The molecule has 0 aliphatic heterocycles. The first-order valence-corrected chi connectivity index (χ1v) is 11.3. The Bertz CT molecular complexity index is 695. The molecule has 1 aromatic rings. The number of aliphatic carboxylic acids is 1. The molecule has 0 saturated heterocycles. The summed E-state index contributed by atoms with van der Waals surface area (Å²) in [5.74, 6) is -3.60. The van der Waals surface area contributed by atoms with Gasteiger partial charge in [0.2, 0.25) is 0 Å². The Labute approximate surface area is 197 Å². The lowest BCUT2D eigenvalue weighted by Crippen LogP contribution is -2.33. The molecule has 0 fully saturated rings. The van der Waals surface area contributed by atoms with Gasteiger partial charge in [-0.1, -0.05) is 0 Å². The van der Waals surface area contributed by atoms with Crippen LogP contribution in [-0.4, -0.2) is 53.8 Å². The lowest BCUT2D eigenvalue weighted by atomic mass is 10.3. The third kappa shape index (κ3) is 9.35. The fourth-order valence-corrected chi connectivity index (χ4v) is 5.80. The molecule has 1 aromatic carbocycles. The topological polar surface area (TPSA) is 99.1 Å². The Morgan fingerprint density at radius 2 is 1.59 bits per heavy atom. The average Bonchev–Trinajstić information content (AvgIpc) is 2.55. The van der Waals surface area contributed by atoms with Crippen molar-refractivity contribution in [1.29, 1.82) is 0 Å². The minimum Gasteiger partial charge on any atom is -0.475 e. The van der Waals surface area contributed by atoms with Crippen molar-refractivity contribution in [2.45, 2.75) is 6.11 Å². The molecule has 0 spiro atoms. The minimum absolute atomic E-state index is 0.110. The summed E-state index contributed by atoms with van der Waals surface area (Å²) in [6, 6.07) is 3.71. The highest BCUT2D eigenvalue weighted by Gasteiger charge is 2.40. The second-order valence-electron chi connectivity index (χ2n) is 4.56. The van der Waals surface area contributed by atoms with Gasteiger partial charge in [-0.15, -0.1) is 11.8 Å². The number of alkyl halides is 2. The van der Waals surface area contributed by atoms with Crippen molar-refractivity contribution in [2.75, 3.05) is 24.7 Å². The van der Waals surface area contributed by atoms with Crippen molar-refractivity contribution >= 4 is 97.4 Å². The number of halogens is 5. The standard InChI is InChI=1S/C14H11F2I3O7S/c15-14(16,13(22)23)25-2-1-24-10(20)5-27-6-11(21)26-12-8(18)3-7(17)4-9(12)19/h3-4H,1-2,5-6H2,(H,22,23). The maximum atomic E-state index is 12.6. The summed E-state index contributed by atoms with van der Waals surface area (Å²) in [5, 5.41) is 8.14. The molecule has 0 radical (unpaired) electrons. The highest BCUT2D eigenvalue weighted by Crippen LogP contribution is 2.29. The lowest BCUT2D eigenvalue weighted by molar-refractivity contribution is -0.248. The number of thioether (sulfide) groups is 1. The van der Waals surface area contributed by atoms with Crippen LogP contribution in [-0.2, 0) is 23.9 Å². The van der Waals surface area contributed by atoms with Gasteiger partial charge >= 0.3 is 24.0 Å². The number of hydrogen-bond acceptors (Lipinski definition) is 7. The van der Waals surface area contributed by atoms with E-state index in [0.717, 1.165) is 22.5 Å². The van der Waals surface area contributed by atoms with Gasteiger partial charge in [0.05, 0.1) is 25.3 Å².